The normalized spacial score (nSPS) is 17.6. The lowest BCUT2D eigenvalue weighted by Gasteiger charge is -2.27. The molecular weight excluding hydrogens is 255 g/mol. The first-order chi connectivity index (χ1) is 8.84. The van der Waals surface area contributed by atoms with Crippen molar-refractivity contribution < 1.29 is 19.2 Å². The van der Waals surface area contributed by atoms with Crippen molar-refractivity contribution >= 4 is 17.3 Å². The van der Waals surface area contributed by atoms with E-state index in [-0.39, 0.29) is 17.3 Å². The minimum Gasteiger partial charge on any atom is -0.480 e. The summed E-state index contributed by atoms with van der Waals surface area (Å²) in [6.45, 7) is 1.49. The summed E-state index contributed by atoms with van der Waals surface area (Å²) in [6.07, 6.45) is 1.54. The Morgan fingerprint density at radius 1 is 1.58 bits per heavy atom. The molecule has 6 nitrogen and oxygen atoms in total. The van der Waals surface area contributed by atoms with Crippen molar-refractivity contribution in [3.63, 3.8) is 0 Å². The molecule has 1 aromatic carbocycles. The zero-order valence-corrected chi connectivity index (χ0v) is 10.2. The molecule has 0 saturated heterocycles. The molecule has 19 heavy (non-hydrogen) atoms. The molecule has 0 amide bonds. The van der Waals surface area contributed by atoms with Crippen LogP contribution in [0.3, 0.4) is 0 Å². The molecule has 1 atom stereocenters. The van der Waals surface area contributed by atoms with E-state index in [1.165, 1.54) is 13.0 Å². The number of nitro groups is 1. The third-order valence-electron chi connectivity index (χ3n) is 3.40. The predicted octanol–water partition coefficient (Wildman–Crippen LogP) is 2.40. The van der Waals surface area contributed by atoms with Gasteiger partial charge in [0.25, 0.3) is 5.69 Å². The largest absolute Gasteiger partial charge is 0.480 e. The summed E-state index contributed by atoms with van der Waals surface area (Å²) < 4.78 is 13.7. The number of carboxylic acids is 1. The molecule has 2 N–H and O–H groups in total. The molecule has 1 aliphatic carbocycles. The second-order valence-corrected chi connectivity index (χ2v) is 4.83. The van der Waals surface area contributed by atoms with Crippen LogP contribution in [0.2, 0.25) is 0 Å². The van der Waals surface area contributed by atoms with Crippen molar-refractivity contribution in [1.82, 2.24) is 0 Å². The third kappa shape index (κ3) is 2.49. The molecule has 0 aromatic heterocycles. The standard InChI is InChI=1S/C12H13FN2O4/c1-12(11(16)17,7-2-3-7)14-10-5-4-8(15(18)19)6-9(10)13/h4-7,14H,2-3H2,1H3,(H,16,17). The molecule has 0 radical (unpaired) electrons. The van der Waals surface area contributed by atoms with E-state index >= 15 is 0 Å². The fourth-order valence-electron chi connectivity index (χ4n) is 1.99. The van der Waals surface area contributed by atoms with Gasteiger partial charge in [-0.05, 0) is 31.7 Å². The van der Waals surface area contributed by atoms with Gasteiger partial charge in [0.1, 0.15) is 5.54 Å². The molecule has 1 unspecified atom stereocenters. The summed E-state index contributed by atoms with van der Waals surface area (Å²) in [5.74, 6) is -1.95. The second-order valence-electron chi connectivity index (χ2n) is 4.83. The molecule has 0 bridgehead atoms. The van der Waals surface area contributed by atoms with Gasteiger partial charge in [0.15, 0.2) is 5.82 Å². The van der Waals surface area contributed by atoms with E-state index in [4.69, 9.17) is 0 Å². The van der Waals surface area contributed by atoms with Crippen molar-refractivity contribution in [2.45, 2.75) is 25.3 Å². The molecule has 1 fully saturated rings. The van der Waals surface area contributed by atoms with E-state index < -0.39 is 22.2 Å². The number of nitrogens with one attached hydrogen (secondary N) is 1. The summed E-state index contributed by atoms with van der Waals surface area (Å²) in [6, 6.07) is 3.11. The number of halogens is 1. The maximum absolute atomic E-state index is 13.7. The van der Waals surface area contributed by atoms with Crippen LogP contribution >= 0.6 is 0 Å². The minimum absolute atomic E-state index is 0.0394. The molecule has 1 saturated carbocycles. The number of nitro benzene ring substituents is 1. The molecule has 2 rings (SSSR count). The maximum Gasteiger partial charge on any atom is 0.329 e. The van der Waals surface area contributed by atoms with Gasteiger partial charge in [-0.3, -0.25) is 10.1 Å². The number of benzene rings is 1. The fourth-order valence-corrected chi connectivity index (χ4v) is 1.99. The molecule has 1 aromatic rings. The topological polar surface area (TPSA) is 92.5 Å². The van der Waals surface area contributed by atoms with Crippen molar-refractivity contribution in [1.29, 1.82) is 0 Å². The SMILES string of the molecule is CC(Nc1ccc([N+](=O)[O-])cc1F)(C(=O)O)C1CC1. The Morgan fingerprint density at radius 3 is 2.63 bits per heavy atom. The number of hydrogen-bond donors (Lipinski definition) is 2. The molecule has 7 heteroatoms. The van der Waals surface area contributed by atoms with Crippen LogP contribution in [0.1, 0.15) is 19.8 Å². The monoisotopic (exact) mass is 268 g/mol. The van der Waals surface area contributed by atoms with Crippen LogP contribution in [0.25, 0.3) is 0 Å². The Morgan fingerprint density at radius 2 is 2.21 bits per heavy atom. The Kier molecular flexibility index (Phi) is 3.13. The summed E-state index contributed by atoms with van der Waals surface area (Å²) in [4.78, 5) is 21.1. The van der Waals surface area contributed by atoms with Gasteiger partial charge in [0.05, 0.1) is 16.7 Å². The van der Waals surface area contributed by atoms with E-state index in [9.17, 15) is 24.4 Å². The predicted molar refractivity (Wildman–Crippen MR) is 65.4 cm³/mol. The van der Waals surface area contributed by atoms with Crippen molar-refractivity contribution in [3.8, 4) is 0 Å². The molecule has 0 aliphatic heterocycles. The average molecular weight is 268 g/mol. The summed E-state index contributed by atoms with van der Waals surface area (Å²) in [5, 5.41) is 22.4. The highest BCUT2D eigenvalue weighted by atomic mass is 19.1. The van der Waals surface area contributed by atoms with Gasteiger partial charge < -0.3 is 10.4 Å². The van der Waals surface area contributed by atoms with Crippen LogP contribution in [0.4, 0.5) is 15.8 Å². The lowest BCUT2D eigenvalue weighted by atomic mass is 9.95. The Labute approximate surface area is 108 Å². The van der Waals surface area contributed by atoms with Gasteiger partial charge >= 0.3 is 5.97 Å². The highest BCUT2D eigenvalue weighted by molar-refractivity contribution is 5.83. The van der Waals surface area contributed by atoms with Gasteiger partial charge in [-0.1, -0.05) is 0 Å². The number of anilines is 1. The van der Waals surface area contributed by atoms with E-state index in [2.05, 4.69) is 5.32 Å². The summed E-state index contributed by atoms with van der Waals surface area (Å²) in [7, 11) is 0. The van der Waals surface area contributed by atoms with Gasteiger partial charge in [-0.15, -0.1) is 0 Å². The average Bonchev–Trinajstić information content (AvgIpc) is 3.15. The lowest BCUT2D eigenvalue weighted by molar-refractivity contribution is -0.385. The molecule has 0 heterocycles. The fraction of sp³-hybridized carbons (Fsp3) is 0.417. The van der Waals surface area contributed by atoms with Gasteiger partial charge in [-0.25, -0.2) is 9.18 Å². The Bertz CT molecular complexity index is 545. The summed E-state index contributed by atoms with van der Waals surface area (Å²) in [5.41, 5.74) is -1.66. The number of hydrogen-bond acceptors (Lipinski definition) is 4. The van der Waals surface area contributed by atoms with Crippen molar-refractivity contribution in [2.75, 3.05) is 5.32 Å². The van der Waals surface area contributed by atoms with Crippen molar-refractivity contribution in [2.24, 2.45) is 5.92 Å². The van der Waals surface area contributed by atoms with Crippen LogP contribution in [0.5, 0.6) is 0 Å². The highest BCUT2D eigenvalue weighted by Gasteiger charge is 2.47. The van der Waals surface area contributed by atoms with Crippen LogP contribution in [-0.4, -0.2) is 21.5 Å². The minimum atomic E-state index is -1.25. The molecule has 1 aliphatic rings. The summed E-state index contributed by atoms with van der Waals surface area (Å²) >= 11 is 0. The number of non-ortho nitro benzene ring substituents is 1. The first-order valence-electron chi connectivity index (χ1n) is 5.80. The third-order valence-corrected chi connectivity index (χ3v) is 3.40. The molecule has 102 valence electrons. The van der Waals surface area contributed by atoms with Gasteiger partial charge in [0.2, 0.25) is 0 Å². The van der Waals surface area contributed by atoms with E-state index in [0.717, 1.165) is 25.0 Å². The number of rotatable bonds is 5. The quantitative estimate of drug-likeness (QED) is 0.631. The smallest absolute Gasteiger partial charge is 0.329 e. The van der Waals surface area contributed by atoms with Crippen LogP contribution in [0, 0.1) is 21.8 Å². The first-order valence-corrected chi connectivity index (χ1v) is 5.80. The zero-order chi connectivity index (χ0) is 14.2. The van der Waals surface area contributed by atoms with Gasteiger partial charge in [0, 0.05) is 6.07 Å². The second kappa shape index (κ2) is 4.49. The molecule has 0 spiro atoms. The van der Waals surface area contributed by atoms with E-state index in [0.29, 0.717) is 0 Å². The Balaban J connectivity index is 2.27. The molecular formula is C12H13FN2O4. The van der Waals surface area contributed by atoms with E-state index in [1.807, 2.05) is 0 Å². The zero-order valence-electron chi connectivity index (χ0n) is 10.2. The number of carbonyl (C=O) groups is 1. The number of aliphatic carboxylic acids is 1. The van der Waals surface area contributed by atoms with Crippen LogP contribution in [-0.2, 0) is 4.79 Å². The van der Waals surface area contributed by atoms with Crippen LogP contribution < -0.4 is 5.32 Å². The highest BCUT2D eigenvalue weighted by Crippen LogP contribution is 2.42. The number of carboxylic acid groups (broad SMARTS) is 1. The van der Waals surface area contributed by atoms with E-state index in [1.54, 1.807) is 0 Å². The van der Waals surface area contributed by atoms with Crippen LogP contribution in [0.15, 0.2) is 18.2 Å². The first kappa shape index (κ1) is 13.3. The van der Waals surface area contributed by atoms with Gasteiger partial charge in [-0.2, -0.15) is 0 Å². The van der Waals surface area contributed by atoms with Crippen molar-refractivity contribution in [3.05, 3.63) is 34.1 Å². The Hall–Kier alpha value is -2.18. The number of nitrogens with zero attached hydrogens (tertiary/aromatic N) is 1. The lowest BCUT2D eigenvalue weighted by Crippen LogP contribution is -2.45. The maximum atomic E-state index is 13.7.